The van der Waals surface area contributed by atoms with Crippen LogP contribution in [0.3, 0.4) is 0 Å². The van der Waals surface area contributed by atoms with Crippen LogP contribution in [-0.2, 0) is 0 Å². The van der Waals surface area contributed by atoms with E-state index in [1.807, 2.05) is 6.07 Å². The summed E-state index contributed by atoms with van der Waals surface area (Å²) < 4.78 is 118. The molecule has 6 rings (SSSR count). The zero-order chi connectivity index (χ0) is 47.1. The number of urea groups is 3. The van der Waals surface area contributed by atoms with Crippen molar-refractivity contribution in [3.05, 3.63) is 125 Å². The number of nitrogens with one attached hydrogen (secondary N) is 6. The molecule has 9 N–H and O–H groups in total. The number of nitriles is 1. The Labute approximate surface area is 356 Å². The van der Waals surface area contributed by atoms with Gasteiger partial charge in [0, 0.05) is 70.9 Å². The quantitative estimate of drug-likeness (QED) is 0.0564. The van der Waals surface area contributed by atoms with Crippen LogP contribution in [0.4, 0.5) is 82.3 Å². The molecule has 0 radical (unpaired) electrons. The smallest absolute Gasteiger partial charge is 0.503 e. The van der Waals surface area contributed by atoms with Crippen LogP contribution >= 0.6 is 0 Å². The minimum absolute atomic E-state index is 0.0268. The number of anilines is 5. The molecule has 0 aliphatic heterocycles. The number of carbonyl (C=O) groups is 3. The number of ether oxygens (including phenoxy) is 1. The van der Waals surface area contributed by atoms with Crippen LogP contribution in [0, 0.1) is 46.2 Å². The van der Waals surface area contributed by atoms with Crippen molar-refractivity contribution in [2.45, 2.75) is 44.5 Å². The molecule has 1 aliphatic rings. The molecule has 64 heavy (non-hydrogen) atoms. The number of nitrogens with zero attached hydrogens (tertiary/aromatic N) is 1. The van der Waals surface area contributed by atoms with Gasteiger partial charge in [-0.15, -0.1) is 13.2 Å². The molecule has 0 saturated heterocycles. The van der Waals surface area contributed by atoms with Gasteiger partial charge in [-0.3, -0.25) is 0 Å². The maximum absolute atomic E-state index is 13.1. The minimum atomic E-state index is -4.83. The molecule has 338 valence electrons. The van der Waals surface area contributed by atoms with Gasteiger partial charge in [-0.1, -0.05) is 19.3 Å². The van der Waals surface area contributed by atoms with Crippen molar-refractivity contribution in [2.24, 2.45) is 0 Å². The summed E-state index contributed by atoms with van der Waals surface area (Å²) in [6.07, 6.45) is 0.339. The SMILES string of the molecule is N#Cc1ccc(NC(=O)Nc2cc(F)c(O)c(F)c2)cc1.O=C(Nc1cc(F)c(O)c(F)c1)NC1CCCCC1.O=C(Nc1ccc(OC(F)(F)F)cc1)Nc1cc(F)c(O)c(F)c1. The first-order valence-corrected chi connectivity index (χ1v) is 18.3. The highest BCUT2D eigenvalue weighted by Crippen LogP contribution is 2.28. The summed E-state index contributed by atoms with van der Waals surface area (Å²) >= 11 is 0. The summed E-state index contributed by atoms with van der Waals surface area (Å²) in [6, 6.07) is 14.9. The van der Waals surface area contributed by atoms with E-state index in [1.165, 1.54) is 30.7 Å². The van der Waals surface area contributed by atoms with Gasteiger partial charge in [0.15, 0.2) is 52.2 Å². The molecular formula is C41H34F9N7O7. The fourth-order valence-electron chi connectivity index (χ4n) is 5.47. The first kappa shape index (κ1) is 48.6. The largest absolute Gasteiger partial charge is 0.573 e. The third-order valence-electron chi connectivity index (χ3n) is 8.38. The molecule has 6 amide bonds. The molecule has 0 unspecified atom stereocenters. The van der Waals surface area contributed by atoms with Crippen LogP contribution in [0.5, 0.6) is 23.0 Å². The van der Waals surface area contributed by atoms with Crippen molar-refractivity contribution in [1.29, 1.82) is 5.26 Å². The van der Waals surface area contributed by atoms with Crippen LogP contribution in [0.15, 0.2) is 84.9 Å². The van der Waals surface area contributed by atoms with Crippen LogP contribution in [0.2, 0.25) is 0 Å². The fraction of sp³-hybridized carbons (Fsp3) is 0.171. The highest BCUT2D eigenvalue weighted by atomic mass is 19.4. The Balaban J connectivity index is 0.000000212. The topological polar surface area (TPSA) is 217 Å². The summed E-state index contributed by atoms with van der Waals surface area (Å²) in [5.41, 5.74) is 0.518. The Morgan fingerprint density at radius 2 is 0.859 bits per heavy atom. The van der Waals surface area contributed by atoms with Gasteiger partial charge in [-0.05, 0) is 61.4 Å². The van der Waals surface area contributed by atoms with Crippen molar-refractivity contribution < 1.29 is 74.0 Å². The zero-order valence-electron chi connectivity index (χ0n) is 32.5. The summed E-state index contributed by atoms with van der Waals surface area (Å²) in [5.74, 6) is -10.9. The number of benzene rings is 5. The van der Waals surface area contributed by atoms with Crippen molar-refractivity contribution in [2.75, 3.05) is 26.6 Å². The lowest BCUT2D eigenvalue weighted by Crippen LogP contribution is -2.39. The normalized spacial score (nSPS) is 12.1. The molecule has 0 aromatic heterocycles. The van der Waals surface area contributed by atoms with E-state index in [4.69, 9.17) is 20.6 Å². The van der Waals surface area contributed by atoms with Crippen LogP contribution in [0.25, 0.3) is 0 Å². The average molecular weight is 908 g/mol. The number of hydrogen-bond acceptors (Lipinski definition) is 8. The predicted molar refractivity (Wildman–Crippen MR) is 213 cm³/mol. The lowest BCUT2D eigenvalue weighted by atomic mass is 9.96. The Bertz CT molecular complexity index is 2410. The molecule has 0 bridgehead atoms. The van der Waals surface area contributed by atoms with Crippen LogP contribution in [0.1, 0.15) is 37.7 Å². The second-order valence-electron chi connectivity index (χ2n) is 13.2. The highest BCUT2D eigenvalue weighted by molar-refractivity contribution is 6.00. The number of carbonyl (C=O) groups excluding carboxylic acids is 3. The molecule has 23 heteroatoms. The van der Waals surface area contributed by atoms with E-state index in [9.17, 15) is 53.9 Å². The van der Waals surface area contributed by atoms with E-state index in [0.717, 1.165) is 74.2 Å². The average Bonchev–Trinajstić information content (AvgIpc) is 3.22. The van der Waals surface area contributed by atoms with Crippen molar-refractivity contribution in [1.82, 2.24) is 5.32 Å². The second-order valence-corrected chi connectivity index (χ2v) is 13.2. The Hall–Kier alpha value is -8.03. The maximum atomic E-state index is 13.1. The number of halogens is 9. The first-order valence-electron chi connectivity index (χ1n) is 18.3. The monoisotopic (exact) mass is 907 g/mol. The molecule has 0 spiro atoms. The number of aromatic hydroxyl groups is 3. The van der Waals surface area contributed by atoms with Crippen molar-refractivity contribution in [3.63, 3.8) is 0 Å². The minimum Gasteiger partial charge on any atom is -0.503 e. The summed E-state index contributed by atoms with van der Waals surface area (Å²) in [7, 11) is 0. The Kier molecular flexibility index (Phi) is 16.9. The van der Waals surface area contributed by atoms with Crippen LogP contribution < -0.4 is 36.6 Å². The molecule has 0 heterocycles. The number of phenolic OH excluding ortho intramolecular Hbond substituents is 3. The van der Waals surface area contributed by atoms with Gasteiger partial charge in [0.25, 0.3) is 0 Å². The summed E-state index contributed by atoms with van der Waals surface area (Å²) in [6.45, 7) is 0. The number of hydrogen-bond donors (Lipinski definition) is 9. The van der Waals surface area contributed by atoms with Crippen molar-refractivity contribution in [3.8, 4) is 29.1 Å². The van der Waals surface area contributed by atoms with Gasteiger partial charge in [-0.2, -0.15) is 5.26 Å². The number of phenols is 3. The molecule has 5 aromatic carbocycles. The lowest BCUT2D eigenvalue weighted by Gasteiger charge is -2.22. The van der Waals surface area contributed by atoms with Gasteiger partial charge < -0.3 is 52.0 Å². The van der Waals surface area contributed by atoms with Gasteiger partial charge in [0.2, 0.25) is 0 Å². The Morgan fingerprint density at radius 1 is 0.531 bits per heavy atom. The number of rotatable bonds is 7. The summed E-state index contributed by atoms with van der Waals surface area (Å²) in [5, 5.41) is 49.6. The van der Waals surface area contributed by atoms with Crippen LogP contribution in [-0.4, -0.2) is 45.8 Å². The van der Waals surface area contributed by atoms with E-state index < -0.39 is 82.4 Å². The molecular weight excluding hydrogens is 873 g/mol. The highest BCUT2D eigenvalue weighted by Gasteiger charge is 2.31. The fourth-order valence-corrected chi connectivity index (χ4v) is 5.47. The van der Waals surface area contributed by atoms with Gasteiger partial charge in [0.1, 0.15) is 5.75 Å². The predicted octanol–water partition coefficient (Wildman–Crippen LogP) is 10.5. The molecule has 14 nitrogen and oxygen atoms in total. The van der Waals surface area contributed by atoms with Gasteiger partial charge >= 0.3 is 24.5 Å². The number of amides is 6. The molecule has 1 saturated carbocycles. The van der Waals surface area contributed by atoms with Gasteiger partial charge in [-0.25, -0.2) is 40.7 Å². The molecule has 5 aromatic rings. The third kappa shape index (κ3) is 15.5. The summed E-state index contributed by atoms with van der Waals surface area (Å²) in [4.78, 5) is 35.0. The molecule has 0 atom stereocenters. The lowest BCUT2D eigenvalue weighted by molar-refractivity contribution is -0.274. The number of alkyl halides is 3. The third-order valence-corrected chi connectivity index (χ3v) is 8.38. The second kappa shape index (κ2) is 22.2. The first-order chi connectivity index (χ1) is 30.2. The van der Waals surface area contributed by atoms with E-state index in [-0.39, 0.29) is 28.8 Å². The van der Waals surface area contributed by atoms with E-state index in [1.54, 1.807) is 0 Å². The van der Waals surface area contributed by atoms with E-state index in [2.05, 4.69) is 36.6 Å². The van der Waals surface area contributed by atoms with Gasteiger partial charge in [0.05, 0.1) is 11.6 Å². The molecule has 1 aliphatic carbocycles. The zero-order valence-corrected chi connectivity index (χ0v) is 32.5. The van der Waals surface area contributed by atoms with Crippen molar-refractivity contribution >= 4 is 46.5 Å². The standard InChI is InChI=1S/C14H9F5N2O3.C14H9F2N3O2.C13H16F2N2O2/c15-10-5-8(6-11(16)12(10)22)21-13(23)20-7-1-3-9(4-2-7)24-14(17,18)19;15-11-5-10(6-12(16)13(11)20)19-14(21)18-9-3-1-8(7-17)2-4-9;14-10-6-9(7-11(15)12(10)18)17-13(19)16-8-4-2-1-3-5-8/h1-6,22H,(H2,20,21,23);1-6,20H,(H2,18,19,21);6-8,18H,1-5H2,(H2,16,17,19). The van der Waals surface area contributed by atoms with E-state index in [0.29, 0.717) is 23.4 Å². The Morgan fingerprint density at radius 3 is 1.20 bits per heavy atom. The van der Waals surface area contributed by atoms with E-state index >= 15 is 0 Å². The molecule has 1 fully saturated rings. The maximum Gasteiger partial charge on any atom is 0.573 e.